The van der Waals surface area contributed by atoms with Crippen molar-refractivity contribution < 1.29 is 9.53 Å². The number of benzene rings is 2. The third kappa shape index (κ3) is 3.73. The molecule has 0 atom stereocenters. The first-order chi connectivity index (χ1) is 14.1. The van der Waals surface area contributed by atoms with Crippen LogP contribution in [0.4, 0.5) is 11.4 Å². The normalized spacial score (nSPS) is 13.9. The van der Waals surface area contributed by atoms with Crippen LogP contribution in [-0.2, 0) is 4.74 Å². The molecule has 0 aliphatic carbocycles. The van der Waals surface area contributed by atoms with Crippen molar-refractivity contribution >= 4 is 51.4 Å². The van der Waals surface area contributed by atoms with Crippen LogP contribution in [0, 0.1) is 11.3 Å². The number of hydrogen-bond acceptors (Lipinski definition) is 5. The molecule has 0 spiro atoms. The fourth-order valence-corrected chi connectivity index (χ4v) is 3.99. The fourth-order valence-electron chi connectivity index (χ4n) is 3.42. The molecular formula is C21H16Cl2N4O2. The van der Waals surface area contributed by atoms with Crippen molar-refractivity contribution in [3.05, 3.63) is 63.8 Å². The summed E-state index contributed by atoms with van der Waals surface area (Å²) in [6.45, 7) is 2.55. The van der Waals surface area contributed by atoms with E-state index in [2.05, 4.69) is 21.3 Å². The molecule has 0 radical (unpaired) electrons. The summed E-state index contributed by atoms with van der Waals surface area (Å²) in [6.07, 6.45) is 1.53. The minimum atomic E-state index is -0.424. The van der Waals surface area contributed by atoms with Crippen LogP contribution in [0.3, 0.4) is 0 Å². The van der Waals surface area contributed by atoms with Crippen molar-refractivity contribution in [1.29, 1.82) is 5.26 Å². The van der Waals surface area contributed by atoms with E-state index in [0.717, 1.165) is 11.1 Å². The number of para-hydroxylation sites is 1. The average molecular weight is 427 g/mol. The Morgan fingerprint density at radius 2 is 1.83 bits per heavy atom. The summed E-state index contributed by atoms with van der Waals surface area (Å²) in [5, 5.41) is 13.8. The molecule has 1 N–H and O–H groups in total. The van der Waals surface area contributed by atoms with E-state index < -0.39 is 5.91 Å². The highest BCUT2D eigenvalue weighted by Gasteiger charge is 2.21. The van der Waals surface area contributed by atoms with Crippen LogP contribution < -0.4 is 10.2 Å². The Morgan fingerprint density at radius 1 is 1.14 bits per heavy atom. The maximum Gasteiger partial charge on any atom is 0.258 e. The number of pyridine rings is 1. The lowest BCUT2D eigenvalue weighted by atomic mass is 10.1. The van der Waals surface area contributed by atoms with Crippen molar-refractivity contribution in [3.8, 4) is 6.07 Å². The van der Waals surface area contributed by atoms with Crippen LogP contribution >= 0.6 is 23.2 Å². The molecule has 1 amide bonds. The van der Waals surface area contributed by atoms with E-state index in [1.807, 2.05) is 12.1 Å². The van der Waals surface area contributed by atoms with Crippen LogP contribution in [0.1, 0.15) is 15.9 Å². The highest BCUT2D eigenvalue weighted by atomic mass is 35.5. The largest absolute Gasteiger partial charge is 0.378 e. The Labute approximate surface area is 177 Å². The summed E-state index contributed by atoms with van der Waals surface area (Å²) in [7, 11) is 0. The number of anilines is 2. The maximum absolute atomic E-state index is 12.8. The highest BCUT2D eigenvalue weighted by Crippen LogP contribution is 2.34. The number of carbonyl (C=O) groups excluding carboxylic acids is 1. The monoisotopic (exact) mass is 426 g/mol. The molecule has 2 aromatic carbocycles. The Balaban J connectivity index is 1.79. The van der Waals surface area contributed by atoms with Gasteiger partial charge in [0.15, 0.2) is 0 Å². The Morgan fingerprint density at radius 3 is 2.52 bits per heavy atom. The zero-order valence-electron chi connectivity index (χ0n) is 15.3. The second-order valence-corrected chi connectivity index (χ2v) is 7.30. The molecule has 2 heterocycles. The summed E-state index contributed by atoms with van der Waals surface area (Å²) >= 11 is 12.3. The molecule has 4 rings (SSSR count). The number of amides is 1. The van der Waals surface area contributed by atoms with Gasteiger partial charge in [-0.25, -0.2) is 0 Å². The van der Waals surface area contributed by atoms with E-state index in [1.54, 1.807) is 24.3 Å². The quantitative estimate of drug-likeness (QED) is 0.666. The van der Waals surface area contributed by atoms with E-state index in [4.69, 9.17) is 27.9 Å². The maximum atomic E-state index is 12.8. The molecule has 1 aliphatic rings. The second kappa shape index (κ2) is 8.26. The van der Waals surface area contributed by atoms with Crippen LogP contribution in [-0.4, -0.2) is 37.2 Å². The lowest BCUT2D eigenvalue weighted by molar-refractivity contribution is 0.102. The summed E-state index contributed by atoms with van der Waals surface area (Å²) < 4.78 is 5.43. The lowest BCUT2D eigenvalue weighted by Crippen LogP contribution is -2.36. The first-order valence-electron chi connectivity index (χ1n) is 9.00. The smallest absolute Gasteiger partial charge is 0.258 e. The number of fused-ring (bicyclic) bond motifs is 1. The molecule has 6 nitrogen and oxygen atoms in total. The first-order valence-corrected chi connectivity index (χ1v) is 9.75. The van der Waals surface area contributed by atoms with Gasteiger partial charge in [-0.3, -0.25) is 9.78 Å². The SMILES string of the molecule is N#Cc1cnc2c(NC(=O)c3c(Cl)cccc3Cl)cccc2c1N1CCOCC1. The standard InChI is InChI=1S/C21H16Cl2N4O2/c22-15-4-2-5-16(23)18(15)21(28)26-17-6-1-3-14-19(17)25-12-13(11-24)20(14)27-7-9-29-10-8-27/h1-6,12H,7-10H2,(H,26,28). The molecule has 1 aromatic heterocycles. The van der Waals surface area contributed by atoms with Gasteiger partial charge in [-0.15, -0.1) is 0 Å². The topological polar surface area (TPSA) is 78.2 Å². The van der Waals surface area contributed by atoms with Crippen molar-refractivity contribution in [2.24, 2.45) is 0 Å². The number of aromatic nitrogens is 1. The Kier molecular flexibility index (Phi) is 5.54. The van der Waals surface area contributed by atoms with E-state index in [-0.39, 0.29) is 15.6 Å². The van der Waals surface area contributed by atoms with Gasteiger partial charge in [-0.05, 0) is 18.2 Å². The van der Waals surface area contributed by atoms with Crippen LogP contribution in [0.2, 0.25) is 10.0 Å². The van der Waals surface area contributed by atoms with E-state index >= 15 is 0 Å². The van der Waals surface area contributed by atoms with E-state index in [0.29, 0.717) is 43.1 Å². The van der Waals surface area contributed by atoms with Gasteiger partial charge in [0.1, 0.15) is 6.07 Å². The number of carbonyl (C=O) groups is 1. The Bertz CT molecular complexity index is 1120. The van der Waals surface area contributed by atoms with Crippen LogP contribution in [0.15, 0.2) is 42.6 Å². The van der Waals surface area contributed by atoms with Gasteiger partial charge in [-0.1, -0.05) is 41.4 Å². The zero-order valence-corrected chi connectivity index (χ0v) is 16.8. The van der Waals surface area contributed by atoms with Crippen LogP contribution in [0.25, 0.3) is 10.9 Å². The predicted octanol–water partition coefficient (Wildman–Crippen LogP) is 4.50. The number of halogens is 2. The number of nitrogens with one attached hydrogen (secondary N) is 1. The predicted molar refractivity (Wildman–Crippen MR) is 114 cm³/mol. The third-order valence-corrected chi connectivity index (χ3v) is 5.38. The zero-order chi connectivity index (χ0) is 20.4. The highest BCUT2D eigenvalue weighted by molar-refractivity contribution is 6.40. The van der Waals surface area contributed by atoms with Crippen molar-refractivity contribution in [3.63, 3.8) is 0 Å². The molecule has 1 fully saturated rings. The number of ether oxygens (including phenoxy) is 1. The molecule has 8 heteroatoms. The molecule has 0 unspecified atom stereocenters. The number of rotatable bonds is 3. The fraction of sp³-hybridized carbons (Fsp3) is 0.190. The lowest BCUT2D eigenvalue weighted by Gasteiger charge is -2.30. The molecule has 0 bridgehead atoms. The van der Waals surface area contributed by atoms with E-state index in [9.17, 15) is 10.1 Å². The van der Waals surface area contributed by atoms with E-state index in [1.165, 1.54) is 6.20 Å². The number of nitrogens with zero attached hydrogens (tertiary/aromatic N) is 3. The summed E-state index contributed by atoms with van der Waals surface area (Å²) in [6, 6.07) is 12.6. The van der Waals surface area contributed by atoms with Crippen molar-refractivity contribution in [2.45, 2.75) is 0 Å². The van der Waals surface area contributed by atoms with Gasteiger partial charge >= 0.3 is 0 Å². The third-order valence-electron chi connectivity index (χ3n) is 4.75. The summed E-state index contributed by atoms with van der Waals surface area (Å²) in [5.74, 6) is -0.424. The second-order valence-electron chi connectivity index (χ2n) is 6.48. The van der Waals surface area contributed by atoms with Gasteiger partial charge in [0.2, 0.25) is 0 Å². The molecule has 0 saturated carbocycles. The molecular weight excluding hydrogens is 411 g/mol. The van der Waals surface area contributed by atoms with Gasteiger partial charge in [0.05, 0.1) is 51.3 Å². The summed E-state index contributed by atoms with van der Waals surface area (Å²) in [4.78, 5) is 19.4. The molecule has 3 aromatic rings. The summed E-state index contributed by atoms with van der Waals surface area (Å²) in [5.41, 5.74) is 2.59. The molecule has 1 aliphatic heterocycles. The van der Waals surface area contributed by atoms with Crippen LogP contribution in [0.5, 0.6) is 0 Å². The number of nitriles is 1. The minimum absolute atomic E-state index is 0.204. The number of hydrogen-bond donors (Lipinski definition) is 1. The van der Waals surface area contributed by atoms with Crippen molar-refractivity contribution in [1.82, 2.24) is 4.98 Å². The molecule has 29 heavy (non-hydrogen) atoms. The van der Waals surface area contributed by atoms with Crippen molar-refractivity contribution in [2.75, 3.05) is 36.5 Å². The van der Waals surface area contributed by atoms with Gasteiger partial charge in [0, 0.05) is 24.7 Å². The average Bonchev–Trinajstić information content (AvgIpc) is 2.73. The van der Waals surface area contributed by atoms with Gasteiger partial charge < -0.3 is 15.0 Å². The number of morpholine rings is 1. The van der Waals surface area contributed by atoms with Gasteiger partial charge in [0.25, 0.3) is 5.91 Å². The molecule has 146 valence electrons. The first kappa shape index (κ1) is 19.5. The Hall–Kier alpha value is -2.85. The minimum Gasteiger partial charge on any atom is -0.378 e. The van der Waals surface area contributed by atoms with Gasteiger partial charge in [-0.2, -0.15) is 5.26 Å². The molecule has 1 saturated heterocycles.